The van der Waals surface area contributed by atoms with Gasteiger partial charge in [-0.2, -0.15) is 5.10 Å². The molecule has 0 aliphatic carbocycles. The van der Waals surface area contributed by atoms with Gasteiger partial charge in [-0.1, -0.05) is 12.0 Å². The Balaban J connectivity index is 1.88. The summed E-state index contributed by atoms with van der Waals surface area (Å²) in [5.74, 6) is 3.50. The highest BCUT2D eigenvalue weighted by Crippen LogP contribution is 2.29. The molecule has 0 aliphatic rings. The molecule has 0 atom stereocenters. The van der Waals surface area contributed by atoms with Crippen LogP contribution in [0, 0.1) is 12.3 Å². The first-order valence-corrected chi connectivity index (χ1v) is 8.39. The lowest BCUT2D eigenvalue weighted by Crippen LogP contribution is -2.10. The van der Waals surface area contributed by atoms with E-state index in [1.807, 2.05) is 63.5 Å². The van der Waals surface area contributed by atoms with Crippen molar-refractivity contribution in [3.05, 3.63) is 53.9 Å². The highest BCUT2D eigenvalue weighted by Gasteiger charge is 2.14. The van der Waals surface area contributed by atoms with E-state index in [4.69, 9.17) is 11.2 Å². The van der Waals surface area contributed by atoms with Gasteiger partial charge in [0.25, 0.3) is 0 Å². The molecule has 1 aromatic carbocycles. The number of nitrogens with zero attached hydrogens (tertiary/aromatic N) is 2. The van der Waals surface area contributed by atoms with Crippen molar-refractivity contribution in [2.24, 2.45) is 0 Å². The van der Waals surface area contributed by atoms with Crippen molar-refractivity contribution in [2.75, 3.05) is 20.6 Å². The number of H-pyrrole nitrogens is 2. The van der Waals surface area contributed by atoms with Gasteiger partial charge < -0.3 is 14.6 Å². The largest absolute Gasteiger partial charge is 0.465 e. The summed E-state index contributed by atoms with van der Waals surface area (Å²) >= 11 is 0. The highest BCUT2D eigenvalue weighted by atomic mass is 16.5. The molecule has 3 aromatic rings. The Morgan fingerprint density at radius 2 is 2.15 bits per heavy atom. The first-order chi connectivity index (χ1) is 12.6. The molecule has 5 nitrogen and oxygen atoms in total. The maximum Gasteiger partial charge on any atom is 0.128 e. The number of allylic oxidation sites excluding steroid dienone is 1. The van der Waals surface area contributed by atoms with Crippen LogP contribution in [-0.2, 0) is 0 Å². The predicted octanol–water partition coefficient (Wildman–Crippen LogP) is 4.03. The number of rotatable bonds is 6. The number of aromatic nitrogens is 3. The average Bonchev–Trinajstić information content (AvgIpc) is 3.21. The quantitative estimate of drug-likeness (QED) is 0.523. The van der Waals surface area contributed by atoms with Crippen LogP contribution in [0.4, 0.5) is 0 Å². The van der Waals surface area contributed by atoms with Crippen LogP contribution in [0.3, 0.4) is 0 Å². The number of hydrogen-bond acceptors (Lipinski definition) is 3. The summed E-state index contributed by atoms with van der Waals surface area (Å²) in [6.45, 7) is 2.77. The molecule has 0 fully saturated rings. The molecule has 0 amide bonds. The zero-order valence-corrected chi connectivity index (χ0v) is 15.2. The van der Waals surface area contributed by atoms with Crippen molar-refractivity contribution in [1.29, 1.82) is 0 Å². The summed E-state index contributed by atoms with van der Waals surface area (Å²) in [5.41, 5.74) is 4.17. The van der Waals surface area contributed by atoms with E-state index < -0.39 is 0 Å². The van der Waals surface area contributed by atoms with Crippen LogP contribution < -0.4 is 4.74 Å². The fraction of sp³-hybridized carbons (Fsp3) is 0.190. The van der Waals surface area contributed by atoms with E-state index in [1.165, 1.54) is 0 Å². The van der Waals surface area contributed by atoms with Crippen LogP contribution in [0.15, 0.2) is 42.7 Å². The fourth-order valence-corrected chi connectivity index (χ4v) is 2.67. The third-order valence-corrected chi connectivity index (χ3v) is 3.89. The maximum atomic E-state index is 5.68. The standard InChI is InChI=1S/C21H22N4O/c1-5-8-18-17(6-2)21(24-23-18)20-13-15-9-10-16(14-19(15)22-20)26-12-7-11-25(3)4/h2,5,7-10,12-14,22H,11H2,1,3-4H3,(H,23,24)/b8-5-,12-7+. The van der Waals surface area contributed by atoms with Crippen molar-refractivity contribution in [1.82, 2.24) is 20.1 Å². The van der Waals surface area contributed by atoms with Crippen LogP contribution >= 0.6 is 0 Å². The van der Waals surface area contributed by atoms with Crippen LogP contribution in [0.5, 0.6) is 5.75 Å². The summed E-state index contributed by atoms with van der Waals surface area (Å²) in [6.07, 6.45) is 13.2. The molecule has 0 saturated heterocycles. The molecule has 0 spiro atoms. The van der Waals surface area contributed by atoms with Gasteiger partial charge in [-0.15, -0.1) is 6.42 Å². The maximum absolute atomic E-state index is 5.68. The molecule has 2 aromatic heterocycles. The van der Waals surface area contributed by atoms with E-state index >= 15 is 0 Å². The van der Waals surface area contributed by atoms with E-state index in [1.54, 1.807) is 6.26 Å². The Morgan fingerprint density at radius 1 is 1.31 bits per heavy atom. The van der Waals surface area contributed by atoms with Gasteiger partial charge in [-0.3, -0.25) is 5.10 Å². The molecule has 2 N–H and O–H groups in total. The molecule has 0 bridgehead atoms. The van der Waals surface area contributed by atoms with Gasteiger partial charge in [0.1, 0.15) is 11.4 Å². The Bertz CT molecular complexity index is 999. The first kappa shape index (κ1) is 17.6. The summed E-state index contributed by atoms with van der Waals surface area (Å²) in [6, 6.07) is 7.96. The Kier molecular flexibility index (Phi) is 5.26. The molecule has 0 radical (unpaired) electrons. The lowest BCUT2D eigenvalue weighted by Gasteiger charge is -2.04. The minimum Gasteiger partial charge on any atom is -0.465 e. The predicted molar refractivity (Wildman–Crippen MR) is 107 cm³/mol. The Labute approximate surface area is 153 Å². The van der Waals surface area contributed by atoms with Crippen molar-refractivity contribution < 1.29 is 4.74 Å². The summed E-state index contributed by atoms with van der Waals surface area (Å²) in [4.78, 5) is 5.44. The van der Waals surface area contributed by atoms with Gasteiger partial charge in [0.05, 0.1) is 23.2 Å². The normalized spacial score (nSPS) is 11.8. The van der Waals surface area contributed by atoms with Gasteiger partial charge in [0.15, 0.2) is 0 Å². The van der Waals surface area contributed by atoms with E-state index in [2.05, 4.69) is 26.0 Å². The number of likely N-dealkylation sites (N-methyl/N-ethyl adjacent to an activating group) is 1. The van der Waals surface area contributed by atoms with Gasteiger partial charge in [-0.05, 0) is 51.4 Å². The average molecular weight is 346 g/mol. The minimum absolute atomic E-state index is 0.741. The number of ether oxygens (including phenoxy) is 1. The molecule has 0 saturated carbocycles. The van der Waals surface area contributed by atoms with Gasteiger partial charge >= 0.3 is 0 Å². The van der Waals surface area contributed by atoms with E-state index in [9.17, 15) is 0 Å². The second-order valence-corrected chi connectivity index (χ2v) is 6.19. The molecule has 26 heavy (non-hydrogen) atoms. The molecule has 0 unspecified atom stereocenters. The third-order valence-electron chi connectivity index (χ3n) is 3.89. The molecular formula is C21H22N4O. The SMILES string of the molecule is C#Cc1c(-c2cc3ccc(O/C=C/CN(C)C)cc3[nH]2)n[nH]c1/C=C\C. The number of fused-ring (bicyclic) bond motifs is 1. The number of benzene rings is 1. The fourth-order valence-electron chi connectivity index (χ4n) is 2.67. The highest BCUT2D eigenvalue weighted by molar-refractivity contribution is 5.87. The monoisotopic (exact) mass is 346 g/mol. The van der Waals surface area contributed by atoms with Gasteiger partial charge in [0, 0.05) is 23.5 Å². The summed E-state index contributed by atoms with van der Waals surface area (Å²) in [7, 11) is 4.02. The summed E-state index contributed by atoms with van der Waals surface area (Å²) in [5, 5.41) is 8.43. The van der Waals surface area contributed by atoms with Gasteiger partial charge in [-0.25, -0.2) is 0 Å². The van der Waals surface area contributed by atoms with E-state index in [0.29, 0.717) is 0 Å². The second-order valence-electron chi connectivity index (χ2n) is 6.19. The smallest absolute Gasteiger partial charge is 0.128 e. The number of nitrogens with one attached hydrogen (secondary N) is 2. The molecule has 132 valence electrons. The molecular weight excluding hydrogens is 324 g/mol. The topological polar surface area (TPSA) is 56.9 Å². The second kappa shape index (κ2) is 7.77. The molecule has 3 rings (SSSR count). The van der Waals surface area contributed by atoms with E-state index in [0.717, 1.165) is 45.8 Å². The van der Waals surface area contributed by atoms with Gasteiger partial charge in [0.2, 0.25) is 0 Å². The first-order valence-electron chi connectivity index (χ1n) is 8.39. The number of terminal acetylenes is 1. The van der Waals surface area contributed by atoms with Crippen molar-refractivity contribution >= 4 is 17.0 Å². The van der Waals surface area contributed by atoms with Crippen molar-refractivity contribution in [2.45, 2.75) is 6.92 Å². The number of aromatic amines is 2. The van der Waals surface area contributed by atoms with E-state index in [-0.39, 0.29) is 0 Å². The molecule has 5 heteroatoms. The van der Waals surface area contributed by atoms with Crippen LogP contribution in [0.2, 0.25) is 0 Å². The lowest BCUT2D eigenvalue weighted by molar-refractivity contribution is 0.439. The lowest BCUT2D eigenvalue weighted by atomic mass is 10.1. The minimum atomic E-state index is 0.741. The van der Waals surface area contributed by atoms with Crippen molar-refractivity contribution in [3.8, 4) is 29.5 Å². The van der Waals surface area contributed by atoms with Crippen LogP contribution in [0.1, 0.15) is 18.2 Å². The van der Waals surface area contributed by atoms with Crippen LogP contribution in [0.25, 0.3) is 28.4 Å². The molecule has 0 aliphatic heterocycles. The number of hydrogen-bond donors (Lipinski definition) is 2. The Hall–Kier alpha value is -3.23. The zero-order chi connectivity index (χ0) is 18.5. The zero-order valence-electron chi connectivity index (χ0n) is 15.2. The Morgan fingerprint density at radius 3 is 2.88 bits per heavy atom. The van der Waals surface area contributed by atoms with Crippen LogP contribution in [-0.4, -0.2) is 40.7 Å². The van der Waals surface area contributed by atoms with Crippen molar-refractivity contribution in [3.63, 3.8) is 0 Å². The molecule has 2 heterocycles. The summed E-state index contributed by atoms with van der Waals surface area (Å²) < 4.78 is 5.67. The third kappa shape index (κ3) is 3.71.